The highest BCUT2D eigenvalue weighted by molar-refractivity contribution is 7.85. The lowest BCUT2D eigenvalue weighted by atomic mass is 9.84. The van der Waals surface area contributed by atoms with Crippen LogP contribution in [-0.2, 0) is 86.2 Å². The molecule has 2 aromatic carbocycles. The van der Waals surface area contributed by atoms with E-state index in [0.29, 0.717) is 24.8 Å². The van der Waals surface area contributed by atoms with Gasteiger partial charge < -0.3 is 72.3 Å². The van der Waals surface area contributed by atoms with Gasteiger partial charge in [-0.05, 0) is 85.6 Å². The fraction of sp³-hybridized carbons (Fsp3) is 0.593. The number of benzene rings is 2. The van der Waals surface area contributed by atoms with Crippen molar-refractivity contribution in [1.82, 2.24) is 41.7 Å². The number of carboxylic acids is 4. The smallest absolute Gasteiger partial charge is 0.326 e. The van der Waals surface area contributed by atoms with Crippen LogP contribution in [0, 0.1) is 11.8 Å². The molecule has 3 aliphatic rings. The predicted molar refractivity (Wildman–Crippen MR) is 313 cm³/mol. The van der Waals surface area contributed by atoms with Crippen LogP contribution in [-0.4, -0.2) is 192 Å². The minimum absolute atomic E-state index is 0.00537. The molecule has 2 aliphatic heterocycles. The molecule has 29 nitrogen and oxygen atoms in total. The minimum atomic E-state index is -4.48. The Morgan fingerprint density at radius 3 is 1.69 bits per heavy atom. The number of carboxylic acid groups (broad SMARTS) is 4. The number of phenolic OH excluding ortho intramolecular Hbond substituents is 1. The number of carbonyl (C=O) groups is 12. The zero-order chi connectivity index (χ0) is 65.7. The van der Waals surface area contributed by atoms with Gasteiger partial charge in [0.25, 0.3) is 10.1 Å². The summed E-state index contributed by atoms with van der Waals surface area (Å²) in [5.74, 6) is -14.2. The zero-order valence-electron chi connectivity index (χ0n) is 49.7. The van der Waals surface area contributed by atoms with Crippen LogP contribution in [0.1, 0.15) is 140 Å². The topological polar surface area (TPSA) is 459 Å². The number of amides is 8. The third-order valence-corrected chi connectivity index (χ3v) is 16.9. The lowest BCUT2D eigenvalue weighted by Gasteiger charge is -2.34. The average molecular weight is 1270 g/mol. The lowest BCUT2D eigenvalue weighted by molar-refractivity contribution is -0.146. The third-order valence-electron chi connectivity index (χ3n) is 16.2. The Morgan fingerprint density at radius 1 is 0.562 bits per heavy atom. The van der Waals surface area contributed by atoms with Gasteiger partial charge in [-0.15, -0.1) is 0 Å². The van der Waals surface area contributed by atoms with Crippen molar-refractivity contribution in [3.63, 3.8) is 0 Å². The first-order chi connectivity index (χ1) is 42.0. The molecular formula is C59H82N8O21S. The van der Waals surface area contributed by atoms with E-state index in [-0.39, 0.29) is 87.3 Å². The molecule has 5 rings (SSSR count). The van der Waals surface area contributed by atoms with Gasteiger partial charge in [0.1, 0.15) is 59.8 Å². The number of hydrogen-bond acceptors (Lipinski definition) is 16. The van der Waals surface area contributed by atoms with Crippen LogP contribution in [0.25, 0.3) is 0 Å². The van der Waals surface area contributed by atoms with Crippen LogP contribution in [0.4, 0.5) is 0 Å². The number of aliphatic hydroxyl groups excluding tert-OH is 1. The molecule has 0 aromatic heterocycles. The van der Waals surface area contributed by atoms with Crippen molar-refractivity contribution >= 4 is 81.3 Å². The Morgan fingerprint density at radius 2 is 1.10 bits per heavy atom. The molecule has 30 heteroatoms. The van der Waals surface area contributed by atoms with E-state index in [4.69, 9.17) is 5.11 Å². The maximum absolute atomic E-state index is 14.8. The molecule has 13 N–H and O–H groups in total. The van der Waals surface area contributed by atoms with E-state index in [1.807, 2.05) is 0 Å². The van der Waals surface area contributed by atoms with E-state index in [9.17, 15) is 96.0 Å². The van der Waals surface area contributed by atoms with Crippen LogP contribution < -0.4 is 31.9 Å². The second kappa shape index (κ2) is 33.9. The summed E-state index contributed by atoms with van der Waals surface area (Å²) < 4.78 is 32.7. The van der Waals surface area contributed by atoms with Gasteiger partial charge in [0, 0.05) is 51.6 Å². The number of aliphatic hydroxyl groups is 1. The molecule has 89 heavy (non-hydrogen) atoms. The number of carbonyl (C=O) groups excluding carboxylic acids is 8. The Balaban J connectivity index is 1.40. The number of aromatic hydroxyl groups is 1. The molecule has 10 atom stereocenters. The predicted octanol–water partition coefficient (Wildman–Crippen LogP) is 0.512. The molecule has 8 amide bonds. The molecule has 0 spiro atoms. The summed E-state index contributed by atoms with van der Waals surface area (Å²) >= 11 is 0. The number of hydrogen-bond donors (Lipinski definition) is 13. The van der Waals surface area contributed by atoms with Crippen LogP contribution in [0.15, 0.2) is 48.5 Å². The van der Waals surface area contributed by atoms with Crippen molar-refractivity contribution in [3.8, 4) is 5.75 Å². The molecule has 0 radical (unpaired) electrons. The van der Waals surface area contributed by atoms with Crippen molar-refractivity contribution in [2.24, 2.45) is 11.8 Å². The number of phenols is 1. The highest BCUT2D eigenvalue weighted by atomic mass is 32.2. The second-order valence-electron chi connectivity index (χ2n) is 23.1. The normalized spacial score (nSPS) is 19.2. The molecule has 1 aliphatic carbocycles. The molecule has 490 valence electrons. The number of aliphatic carboxylic acids is 4. The van der Waals surface area contributed by atoms with Gasteiger partial charge in [-0.2, -0.15) is 8.42 Å². The van der Waals surface area contributed by atoms with E-state index < -0.39 is 179 Å². The van der Waals surface area contributed by atoms with Crippen molar-refractivity contribution < 1.29 is 101 Å². The highest BCUT2D eigenvalue weighted by Crippen LogP contribution is 2.29. The SMILES string of the molecule is CC[C@H](C)[C@H](NC(=O)[C@@H]1CCCN1C(=O)[C@H](Cc1ccc(O)cc1)NC(=O)CCCC(=O)O)C(=O)N1CC[C@H](O)[C@H]1C(=O)N[C@@H](CCC(=O)O)C(=O)N[C@@H](Cc1ccc(CS(=O)(=O)O)cc1)C(=O)N[C@@H](CC1CCCCC1)C(=O)N[C@@H](CCC(=O)O)C(=O)O. The Kier molecular flexibility index (Phi) is 27.3. The first-order valence-electron chi connectivity index (χ1n) is 29.8. The Labute approximate surface area is 514 Å². The molecule has 0 unspecified atom stereocenters. The van der Waals surface area contributed by atoms with Gasteiger partial charge >= 0.3 is 23.9 Å². The maximum atomic E-state index is 14.8. The minimum Gasteiger partial charge on any atom is -0.508 e. The lowest BCUT2D eigenvalue weighted by Crippen LogP contribution is -2.62. The number of rotatable bonds is 34. The average Bonchev–Trinajstić information content (AvgIpc) is 2.20. The van der Waals surface area contributed by atoms with E-state index in [1.54, 1.807) is 13.8 Å². The van der Waals surface area contributed by atoms with Gasteiger partial charge in [-0.25, -0.2) is 4.79 Å². The van der Waals surface area contributed by atoms with Crippen LogP contribution in [0.5, 0.6) is 5.75 Å². The number of likely N-dealkylation sites (tertiary alicyclic amines) is 2. The van der Waals surface area contributed by atoms with E-state index in [2.05, 4.69) is 31.9 Å². The molecule has 2 saturated heterocycles. The summed E-state index contributed by atoms with van der Waals surface area (Å²) in [6.07, 6.45) is -0.781. The zero-order valence-corrected chi connectivity index (χ0v) is 50.5. The molecule has 0 bridgehead atoms. The van der Waals surface area contributed by atoms with E-state index in [0.717, 1.165) is 24.2 Å². The summed E-state index contributed by atoms with van der Waals surface area (Å²) in [6, 6.07) is -0.944. The summed E-state index contributed by atoms with van der Waals surface area (Å²) in [7, 11) is -4.48. The number of nitrogens with one attached hydrogen (secondary N) is 6. The third kappa shape index (κ3) is 22.7. The van der Waals surface area contributed by atoms with Gasteiger partial charge in [0.2, 0.25) is 47.3 Å². The number of nitrogens with zero attached hydrogens (tertiary/aromatic N) is 2. The first kappa shape index (κ1) is 71.5. The largest absolute Gasteiger partial charge is 0.508 e. The van der Waals surface area contributed by atoms with Gasteiger partial charge in [0.15, 0.2) is 0 Å². The summed E-state index contributed by atoms with van der Waals surface area (Å²) in [4.78, 5) is 163. The van der Waals surface area contributed by atoms with E-state index >= 15 is 0 Å². The summed E-state index contributed by atoms with van der Waals surface area (Å²) in [5, 5.41) is 74.5. The fourth-order valence-electron chi connectivity index (χ4n) is 11.2. The first-order valence-corrected chi connectivity index (χ1v) is 31.4. The second-order valence-corrected chi connectivity index (χ2v) is 24.5. The fourth-order valence-corrected chi connectivity index (χ4v) is 11.9. The summed E-state index contributed by atoms with van der Waals surface area (Å²) in [6.45, 7) is 3.18. The van der Waals surface area contributed by atoms with Gasteiger partial charge in [-0.3, -0.25) is 57.3 Å². The monoisotopic (exact) mass is 1270 g/mol. The Hall–Kier alpha value is -8.25. The van der Waals surface area contributed by atoms with Crippen molar-refractivity contribution in [2.45, 2.75) is 196 Å². The highest BCUT2D eigenvalue weighted by Gasteiger charge is 2.47. The van der Waals surface area contributed by atoms with Crippen molar-refractivity contribution in [1.29, 1.82) is 0 Å². The van der Waals surface area contributed by atoms with Crippen molar-refractivity contribution in [2.75, 3.05) is 13.1 Å². The van der Waals surface area contributed by atoms with Crippen LogP contribution in [0.2, 0.25) is 0 Å². The van der Waals surface area contributed by atoms with Gasteiger partial charge in [-0.1, -0.05) is 88.8 Å². The quantitative estimate of drug-likeness (QED) is 0.0425. The van der Waals surface area contributed by atoms with Crippen LogP contribution >= 0.6 is 0 Å². The maximum Gasteiger partial charge on any atom is 0.326 e. The molecule has 2 heterocycles. The molecule has 1 saturated carbocycles. The Bertz CT molecular complexity index is 2980. The standard InChI is InChI=1S/C59H82N8O21S/c1-3-33(2)50(65-55(80)44-11-8-27-66(44)57(82)43(31-36-18-20-38(68)21-19-36)60-46(70)12-7-13-47(71)72)58(83)67-28-26-45(69)51(67)56(81)61-39(22-24-48(73)74)52(77)63-42(30-35-14-16-37(17-15-35)32-89(86,87)88)54(79)64-41(29-34-9-5-4-6-10-34)53(78)62-40(59(84)85)23-25-49(75)76/h14-21,33-34,39-45,50-51,68-69H,3-13,22-32H2,1-2H3,(H,60,70)(H,61,81)(H,62,78)(H,63,77)(H,64,79)(H,65,80)(H,71,72)(H,73,74)(H,75,76)(H,84,85)(H,86,87,88)/t33-,39-,40-,41-,42-,43-,44-,45-,50-,51-/m0/s1. The van der Waals surface area contributed by atoms with Gasteiger partial charge in [0.05, 0.1) is 6.10 Å². The molecule has 2 aromatic rings. The van der Waals surface area contributed by atoms with Crippen LogP contribution in [0.3, 0.4) is 0 Å². The van der Waals surface area contributed by atoms with E-state index in [1.165, 1.54) is 53.4 Å². The van der Waals surface area contributed by atoms with Crippen molar-refractivity contribution in [3.05, 3.63) is 65.2 Å². The molecular weight excluding hydrogens is 1190 g/mol. The summed E-state index contributed by atoms with van der Waals surface area (Å²) in [5.41, 5.74) is 0.940. The molecule has 3 fully saturated rings.